The highest BCUT2D eigenvalue weighted by atomic mass is 16.5. The van der Waals surface area contributed by atoms with Gasteiger partial charge in [0.05, 0.1) is 14.2 Å². The largest absolute Gasteiger partial charge is 0.493 e. The maximum absolute atomic E-state index is 12.1. The smallest absolute Gasteiger partial charge is 0.331 e. The SMILES string of the molecule is COc1cccc(COC(=O)/C=C/c2cc(C)c(OC(C)=O)c(C)c2)c1OC. The first-order valence-electron chi connectivity index (χ1n) is 8.70. The van der Waals surface area contributed by atoms with Gasteiger partial charge in [-0.05, 0) is 54.8 Å². The lowest BCUT2D eigenvalue weighted by Gasteiger charge is -2.12. The molecule has 0 radical (unpaired) electrons. The Morgan fingerprint density at radius 2 is 1.68 bits per heavy atom. The molecule has 0 bridgehead atoms. The van der Waals surface area contributed by atoms with E-state index < -0.39 is 5.97 Å². The molecule has 6 nitrogen and oxygen atoms in total. The second kappa shape index (κ2) is 9.60. The van der Waals surface area contributed by atoms with Gasteiger partial charge in [0.2, 0.25) is 0 Å². The van der Waals surface area contributed by atoms with Crippen molar-refractivity contribution in [3.63, 3.8) is 0 Å². The maximum Gasteiger partial charge on any atom is 0.331 e. The fourth-order valence-electron chi connectivity index (χ4n) is 2.81. The molecule has 0 aliphatic heterocycles. The lowest BCUT2D eigenvalue weighted by atomic mass is 10.1. The highest BCUT2D eigenvalue weighted by Gasteiger charge is 2.11. The van der Waals surface area contributed by atoms with Crippen molar-refractivity contribution < 1.29 is 28.5 Å². The minimum Gasteiger partial charge on any atom is -0.493 e. The van der Waals surface area contributed by atoms with Crippen LogP contribution in [-0.2, 0) is 20.9 Å². The van der Waals surface area contributed by atoms with E-state index in [1.165, 1.54) is 20.1 Å². The van der Waals surface area contributed by atoms with Crippen molar-refractivity contribution in [3.8, 4) is 17.2 Å². The normalized spacial score (nSPS) is 10.6. The van der Waals surface area contributed by atoms with Crippen LogP contribution in [0.5, 0.6) is 17.2 Å². The molecule has 6 heteroatoms. The molecule has 0 aliphatic carbocycles. The number of hydrogen-bond donors (Lipinski definition) is 0. The van der Waals surface area contributed by atoms with Gasteiger partial charge in [-0.25, -0.2) is 4.79 Å². The third kappa shape index (κ3) is 5.36. The topological polar surface area (TPSA) is 71.1 Å². The van der Waals surface area contributed by atoms with E-state index in [2.05, 4.69) is 0 Å². The number of carbonyl (C=O) groups excluding carboxylic acids is 2. The number of ether oxygens (including phenoxy) is 4. The summed E-state index contributed by atoms with van der Waals surface area (Å²) in [6.45, 7) is 5.11. The molecule has 0 atom stereocenters. The number of rotatable bonds is 7. The van der Waals surface area contributed by atoms with Crippen LogP contribution in [0.25, 0.3) is 6.08 Å². The number of carbonyl (C=O) groups is 2. The molecular weight excluding hydrogens is 360 g/mol. The summed E-state index contributed by atoms with van der Waals surface area (Å²) in [5.41, 5.74) is 3.14. The third-order valence-electron chi connectivity index (χ3n) is 3.99. The standard InChI is InChI=1S/C22H24O6/c1-14-11-17(12-15(2)21(14)28-16(3)23)9-10-20(24)27-13-18-7-6-8-19(25-4)22(18)26-5/h6-12H,13H2,1-5H3/b10-9+. The number of hydrogen-bond acceptors (Lipinski definition) is 6. The zero-order valence-corrected chi connectivity index (χ0v) is 16.7. The first kappa shape index (κ1) is 21.0. The van der Waals surface area contributed by atoms with Crippen molar-refractivity contribution in [2.24, 2.45) is 0 Å². The van der Waals surface area contributed by atoms with Crippen molar-refractivity contribution in [1.82, 2.24) is 0 Å². The summed E-state index contributed by atoms with van der Waals surface area (Å²) in [5.74, 6) is 0.798. The number of methoxy groups -OCH3 is 2. The minimum atomic E-state index is -0.482. The Morgan fingerprint density at radius 1 is 1.00 bits per heavy atom. The summed E-state index contributed by atoms with van der Waals surface area (Å²) in [4.78, 5) is 23.3. The van der Waals surface area contributed by atoms with Crippen LogP contribution in [-0.4, -0.2) is 26.2 Å². The molecule has 2 rings (SSSR count). The van der Waals surface area contributed by atoms with Crippen LogP contribution >= 0.6 is 0 Å². The van der Waals surface area contributed by atoms with Gasteiger partial charge in [0.15, 0.2) is 11.5 Å². The molecule has 0 amide bonds. The molecule has 0 aromatic heterocycles. The molecule has 2 aromatic carbocycles. The van der Waals surface area contributed by atoms with Crippen molar-refractivity contribution >= 4 is 18.0 Å². The van der Waals surface area contributed by atoms with Gasteiger partial charge in [-0.1, -0.05) is 12.1 Å². The number of esters is 2. The highest BCUT2D eigenvalue weighted by molar-refractivity contribution is 5.87. The van der Waals surface area contributed by atoms with E-state index in [-0.39, 0.29) is 12.6 Å². The van der Waals surface area contributed by atoms with Crippen LogP contribution in [0, 0.1) is 13.8 Å². The molecule has 0 spiro atoms. The molecule has 0 saturated carbocycles. The van der Waals surface area contributed by atoms with Gasteiger partial charge in [-0.2, -0.15) is 0 Å². The molecule has 28 heavy (non-hydrogen) atoms. The Labute approximate surface area is 164 Å². The average Bonchev–Trinajstić information content (AvgIpc) is 2.66. The molecule has 0 unspecified atom stereocenters. The first-order chi connectivity index (χ1) is 13.3. The van der Waals surface area contributed by atoms with Gasteiger partial charge < -0.3 is 18.9 Å². The van der Waals surface area contributed by atoms with E-state index in [0.29, 0.717) is 22.8 Å². The summed E-state index contributed by atoms with van der Waals surface area (Å²) >= 11 is 0. The molecule has 0 saturated heterocycles. The highest BCUT2D eigenvalue weighted by Crippen LogP contribution is 2.31. The number of para-hydroxylation sites is 1. The third-order valence-corrected chi connectivity index (χ3v) is 3.99. The van der Waals surface area contributed by atoms with E-state index in [1.54, 1.807) is 31.4 Å². The molecule has 2 aromatic rings. The zero-order chi connectivity index (χ0) is 20.7. The fourth-order valence-corrected chi connectivity index (χ4v) is 2.81. The Balaban J connectivity index is 2.06. The lowest BCUT2D eigenvalue weighted by Crippen LogP contribution is -2.05. The number of aryl methyl sites for hydroxylation is 2. The summed E-state index contributed by atoms with van der Waals surface area (Å²) in [5, 5.41) is 0. The molecule has 0 aliphatic rings. The number of benzene rings is 2. The summed E-state index contributed by atoms with van der Waals surface area (Å²) in [7, 11) is 3.08. The van der Waals surface area contributed by atoms with Gasteiger partial charge in [0.1, 0.15) is 12.4 Å². The van der Waals surface area contributed by atoms with E-state index >= 15 is 0 Å². The summed E-state index contributed by atoms with van der Waals surface area (Å²) in [6.07, 6.45) is 3.01. The Morgan fingerprint density at radius 3 is 2.25 bits per heavy atom. The van der Waals surface area contributed by atoms with Gasteiger partial charge in [-0.15, -0.1) is 0 Å². The summed E-state index contributed by atoms with van der Waals surface area (Å²) in [6, 6.07) is 9.05. The zero-order valence-electron chi connectivity index (χ0n) is 16.7. The van der Waals surface area contributed by atoms with Crippen LogP contribution < -0.4 is 14.2 Å². The van der Waals surface area contributed by atoms with E-state index in [1.807, 2.05) is 26.0 Å². The van der Waals surface area contributed by atoms with Gasteiger partial charge in [0.25, 0.3) is 0 Å². The van der Waals surface area contributed by atoms with Crippen molar-refractivity contribution in [2.75, 3.05) is 14.2 Å². The fraction of sp³-hybridized carbons (Fsp3) is 0.273. The predicted octanol–water partition coefficient (Wildman–Crippen LogP) is 4.00. The molecule has 0 fully saturated rings. The molecular formula is C22H24O6. The monoisotopic (exact) mass is 384 g/mol. The van der Waals surface area contributed by atoms with Crippen molar-refractivity contribution in [1.29, 1.82) is 0 Å². The van der Waals surface area contributed by atoms with E-state index in [9.17, 15) is 9.59 Å². The Kier molecular flexibility index (Phi) is 7.21. The minimum absolute atomic E-state index is 0.0625. The van der Waals surface area contributed by atoms with E-state index in [4.69, 9.17) is 18.9 Å². The average molecular weight is 384 g/mol. The maximum atomic E-state index is 12.1. The lowest BCUT2D eigenvalue weighted by molar-refractivity contribution is -0.139. The van der Waals surface area contributed by atoms with Crippen LogP contribution in [0.15, 0.2) is 36.4 Å². The van der Waals surface area contributed by atoms with Crippen LogP contribution in [0.2, 0.25) is 0 Å². The van der Waals surface area contributed by atoms with Crippen molar-refractivity contribution in [2.45, 2.75) is 27.4 Å². The van der Waals surface area contributed by atoms with Crippen LogP contribution in [0.1, 0.15) is 29.2 Å². The summed E-state index contributed by atoms with van der Waals surface area (Å²) < 4.78 is 21.1. The Hall–Kier alpha value is -3.28. The second-order valence-electron chi connectivity index (χ2n) is 6.17. The quantitative estimate of drug-likeness (QED) is 0.408. The molecule has 0 N–H and O–H groups in total. The van der Waals surface area contributed by atoms with Gasteiger partial charge in [-0.3, -0.25) is 4.79 Å². The first-order valence-corrected chi connectivity index (χ1v) is 8.70. The second-order valence-corrected chi connectivity index (χ2v) is 6.17. The Bertz CT molecular complexity index is 875. The molecule has 148 valence electrons. The van der Waals surface area contributed by atoms with Crippen LogP contribution in [0.3, 0.4) is 0 Å². The van der Waals surface area contributed by atoms with Crippen LogP contribution in [0.4, 0.5) is 0 Å². The van der Waals surface area contributed by atoms with E-state index in [0.717, 1.165) is 16.7 Å². The van der Waals surface area contributed by atoms with Crippen molar-refractivity contribution in [3.05, 3.63) is 58.7 Å². The molecule has 0 heterocycles. The van der Waals surface area contributed by atoms with Gasteiger partial charge in [0, 0.05) is 18.6 Å². The van der Waals surface area contributed by atoms with Gasteiger partial charge >= 0.3 is 11.9 Å². The predicted molar refractivity (Wildman–Crippen MR) is 106 cm³/mol.